The molecule has 2 aliphatic rings. The number of aromatic nitrogens is 4. The van der Waals surface area contributed by atoms with E-state index >= 15 is 35.1 Å². The van der Waals surface area contributed by atoms with Crippen molar-refractivity contribution in [2.24, 2.45) is 0 Å². The Balaban J connectivity index is 0.00000241. The van der Waals surface area contributed by atoms with Crippen LogP contribution in [0, 0.1) is 116 Å². The zero-order chi connectivity index (χ0) is 49.3. The molecule has 0 saturated carbocycles. The van der Waals surface area contributed by atoms with Gasteiger partial charge in [0.1, 0.15) is 0 Å². The Hall–Kier alpha value is -6.52. The minimum absolute atomic E-state index is 0. The molecule has 0 amide bonds. The van der Waals surface area contributed by atoms with Crippen molar-refractivity contribution in [3.63, 3.8) is 0 Å². The summed E-state index contributed by atoms with van der Waals surface area (Å²) in [6, 6.07) is 2.51. The molecule has 2 N–H and O–H groups in total. The van der Waals surface area contributed by atoms with E-state index < -0.39 is 206 Å². The van der Waals surface area contributed by atoms with Gasteiger partial charge in [0.05, 0.1) is 45.0 Å². The van der Waals surface area contributed by atoms with Gasteiger partial charge in [-0.15, -0.1) is 0 Å². The smallest absolute Gasteiger partial charge is 1.00 e. The van der Waals surface area contributed by atoms with Crippen LogP contribution in [-0.4, -0.2) is 19.9 Å². The van der Waals surface area contributed by atoms with E-state index in [1.807, 2.05) is 0 Å². The minimum atomic E-state index is -2.72. The predicted octanol–water partition coefficient (Wildman–Crippen LogP) is 5.12. The third-order valence-electron chi connectivity index (χ3n) is 10.6. The average molecular weight is 1130 g/mol. The normalized spacial score (nSPS) is 11.6. The molecule has 5 heterocycles. The number of aromatic amines is 2. The third kappa shape index (κ3) is 8.23. The zero-order valence-corrected chi connectivity index (χ0v) is 37.2. The van der Waals surface area contributed by atoms with E-state index in [9.17, 15) is 52.7 Å². The van der Waals surface area contributed by atoms with Crippen molar-refractivity contribution in [3.05, 3.63) is 163 Å². The van der Waals surface area contributed by atoms with Crippen molar-refractivity contribution >= 4 is 46.4 Å². The van der Waals surface area contributed by atoms with Crippen LogP contribution in [0.3, 0.4) is 0 Å². The first-order valence-corrected chi connectivity index (χ1v) is 18.3. The van der Waals surface area contributed by atoms with Gasteiger partial charge in [-0.3, -0.25) is 0 Å². The Bertz CT molecular complexity index is 3140. The van der Waals surface area contributed by atoms with Crippen molar-refractivity contribution in [3.8, 4) is 44.5 Å². The van der Waals surface area contributed by atoms with Crippen LogP contribution < -0.4 is 37.2 Å². The Morgan fingerprint density at radius 2 is 0.361 bits per heavy atom. The number of halogens is 23. The molecule has 0 atom stereocenters. The maximum absolute atomic E-state index is 15.8. The molecule has 0 fully saturated rings. The minimum Gasteiger partial charge on any atom is -1.00 e. The van der Waals surface area contributed by atoms with Crippen molar-refractivity contribution in [2.75, 3.05) is 0 Å². The van der Waals surface area contributed by atoms with E-state index in [4.69, 9.17) is 0 Å². The van der Waals surface area contributed by atoms with Crippen LogP contribution in [0.5, 0.6) is 0 Å². The van der Waals surface area contributed by atoms with Gasteiger partial charge >= 0.3 is 17.4 Å². The van der Waals surface area contributed by atoms with E-state index in [0.29, 0.717) is 48.6 Å². The average Bonchev–Trinajstić information content (AvgIpc) is 4.18. The second-order valence-electron chi connectivity index (χ2n) is 14.3. The van der Waals surface area contributed by atoms with Crippen LogP contribution in [0.1, 0.15) is 22.8 Å². The van der Waals surface area contributed by atoms with Gasteiger partial charge in [-0.25, -0.2) is 97.8 Å². The molecule has 7 aromatic rings. The van der Waals surface area contributed by atoms with Gasteiger partial charge in [-0.2, -0.15) is 0 Å². The number of hydrogen-bond acceptors (Lipinski definition) is 2. The summed E-state index contributed by atoms with van der Waals surface area (Å²) in [5, 5.41) is 0. The van der Waals surface area contributed by atoms with Gasteiger partial charge in [0.25, 0.3) is 0 Å². The Morgan fingerprint density at radius 3 is 0.514 bits per heavy atom. The first-order chi connectivity index (χ1) is 32.1. The van der Waals surface area contributed by atoms with Crippen molar-refractivity contribution < 1.29 is 142 Å². The second kappa shape index (κ2) is 20.2. The van der Waals surface area contributed by atoms with E-state index in [1.165, 1.54) is 0 Å². The van der Waals surface area contributed by atoms with Crippen molar-refractivity contribution in [2.45, 2.75) is 0 Å². The Morgan fingerprint density at radius 1 is 0.222 bits per heavy atom. The Kier molecular flexibility index (Phi) is 15.8. The van der Waals surface area contributed by atoms with E-state index in [1.54, 1.807) is 0 Å². The number of H-pyrrole nitrogens is 2. The first-order valence-electron chi connectivity index (χ1n) is 18.3. The van der Waals surface area contributed by atoms with Crippen LogP contribution in [0.4, 0.5) is 87.8 Å². The summed E-state index contributed by atoms with van der Waals surface area (Å²) in [6.07, 6.45) is 2.40. The fraction of sp³-hybridized carbons (Fsp3) is 0. The number of nitrogens with one attached hydrogen (secondary N) is 2. The molecule has 2 aliphatic heterocycles. The van der Waals surface area contributed by atoms with Crippen LogP contribution in [0.25, 0.3) is 90.9 Å². The number of fused-ring (bicyclic) bond motifs is 8. The Labute approximate surface area is 415 Å². The zero-order valence-electron chi connectivity index (χ0n) is 33.6. The number of rotatable bonds is 4. The summed E-state index contributed by atoms with van der Waals surface area (Å²) < 4.78 is 303. The fourth-order valence-corrected chi connectivity index (χ4v) is 7.56. The van der Waals surface area contributed by atoms with E-state index in [-0.39, 0.29) is 54.6 Å². The topological polar surface area (TPSA) is 57.4 Å². The van der Waals surface area contributed by atoms with Gasteiger partial charge in [0.15, 0.2) is 93.1 Å². The van der Waals surface area contributed by atoms with E-state index in [0.717, 1.165) is 0 Å². The molecule has 3 aromatic heterocycles. The second-order valence-corrected chi connectivity index (χ2v) is 14.3. The predicted molar refractivity (Wildman–Crippen MR) is 200 cm³/mol. The maximum atomic E-state index is 15.8. The fourth-order valence-electron chi connectivity index (χ4n) is 7.56. The molecule has 1 radical (unpaired) electrons. The summed E-state index contributed by atoms with van der Waals surface area (Å²) in [6.45, 7) is 0. The number of nitrogens with zero attached hydrogens (tertiary/aromatic N) is 2. The van der Waals surface area contributed by atoms with Gasteiger partial charge in [0, 0.05) is 44.3 Å². The molecule has 28 heteroatoms. The molecular formula is C44H10Cl3CrF20N4. The summed E-state index contributed by atoms with van der Waals surface area (Å²) >= 11 is 0. The third-order valence-corrected chi connectivity index (χ3v) is 10.6. The molecule has 0 spiro atoms. The van der Waals surface area contributed by atoms with Gasteiger partial charge in [-0.05, 0) is 48.6 Å². The summed E-state index contributed by atoms with van der Waals surface area (Å²) in [5.41, 5.74) is -20.5. The van der Waals surface area contributed by atoms with Crippen molar-refractivity contribution in [1.82, 2.24) is 19.9 Å². The standard InChI is InChI=1S/C44H10F20N4.3ClH.Cr/c45-25-21(26(46)34(54)41(61)33(25)53)17-9-1-2-10(65-9)18(22-27(47)35(55)42(62)36(56)28(22)48)12-5-6-14(67-12)20(24-31(51)39(59)44(64)40(60)32(24)52)16-8-7-15(68-16)19(13-4-3-11(17)66-13)23-29(49)37(57)43(63)38(58)30(23)50;;;;/h1-8,65,68H;3*1H;/q;;;;+3/p-3. The quantitative estimate of drug-likeness (QED) is 0.146. The SMILES string of the molecule is Fc1c(F)c(F)c(-c2c3nc(c(-c4c(F)c(F)c(F)c(F)c4F)c4ccc([nH]4)c(-c4c(F)c(F)c(F)c(F)c4F)c4nc(c(-c5c(F)c(F)c(F)c(F)c5F)c5ccc2[nH]5)C=C4)C=C3)c(F)c1F.[Cl-].[Cl-].[Cl-].[Cr+3]. The molecule has 0 unspecified atom stereocenters. The maximum Gasteiger partial charge on any atom is 3.00 e. The molecule has 373 valence electrons. The van der Waals surface area contributed by atoms with Crippen LogP contribution in [0.15, 0.2) is 24.3 Å². The molecular weight excluding hydrogens is 1120 g/mol. The van der Waals surface area contributed by atoms with Gasteiger partial charge < -0.3 is 47.2 Å². The largest absolute Gasteiger partial charge is 3.00 e. The molecule has 4 aromatic carbocycles. The molecule has 0 aliphatic carbocycles. The summed E-state index contributed by atoms with van der Waals surface area (Å²) in [4.78, 5) is 12.3. The molecule has 0 saturated heterocycles. The van der Waals surface area contributed by atoms with Crippen LogP contribution >= 0.6 is 0 Å². The van der Waals surface area contributed by atoms with Gasteiger partial charge in [-0.1, -0.05) is 0 Å². The number of hydrogen-bond donors (Lipinski definition) is 2. The van der Waals surface area contributed by atoms with Crippen LogP contribution in [0.2, 0.25) is 0 Å². The van der Waals surface area contributed by atoms with Gasteiger partial charge in [0.2, 0.25) is 23.3 Å². The van der Waals surface area contributed by atoms with Crippen molar-refractivity contribution in [1.29, 1.82) is 0 Å². The van der Waals surface area contributed by atoms with E-state index in [2.05, 4.69) is 19.9 Å². The van der Waals surface area contributed by atoms with Crippen LogP contribution in [-0.2, 0) is 17.4 Å². The number of benzene rings is 4. The molecule has 72 heavy (non-hydrogen) atoms. The monoisotopic (exact) mass is 1130 g/mol. The molecule has 4 nitrogen and oxygen atoms in total. The summed E-state index contributed by atoms with van der Waals surface area (Å²) in [7, 11) is 0. The first kappa shape index (κ1) is 56.4. The molecule has 8 bridgehead atoms. The molecule has 9 rings (SSSR count). The summed E-state index contributed by atoms with van der Waals surface area (Å²) in [5.74, 6) is -52.6.